The van der Waals surface area contributed by atoms with E-state index in [1.54, 1.807) is 4.90 Å². The Bertz CT molecular complexity index is 414. The molecule has 21 heavy (non-hydrogen) atoms. The normalized spacial score (nSPS) is 10.7. The fourth-order valence-electron chi connectivity index (χ4n) is 1.71. The molecule has 0 aliphatic carbocycles. The predicted octanol–water partition coefficient (Wildman–Crippen LogP) is 4.20. The minimum absolute atomic E-state index is 0.291. The minimum Gasteiger partial charge on any atom is -0.444 e. The second kappa shape index (κ2) is 8.70. The third-order valence-corrected chi connectivity index (χ3v) is 2.66. The summed E-state index contributed by atoms with van der Waals surface area (Å²) in [6, 6.07) is 0. The Morgan fingerprint density at radius 3 is 2.24 bits per heavy atom. The Kier molecular flexibility index (Phi) is 8.07. The zero-order chi connectivity index (χ0) is 16.6. The van der Waals surface area contributed by atoms with Gasteiger partial charge in [0.15, 0.2) is 0 Å². The lowest BCUT2D eigenvalue weighted by atomic mass is 10.2. The molecule has 122 valence electrons. The molecule has 1 aromatic heterocycles. The number of imidazole rings is 1. The first-order chi connectivity index (χ1) is 9.73. The maximum atomic E-state index is 12.1. The lowest BCUT2D eigenvalue weighted by molar-refractivity contribution is 0.0229. The lowest BCUT2D eigenvalue weighted by Crippen LogP contribution is -2.37. The highest BCUT2D eigenvalue weighted by Gasteiger charge is 2.22. The van der Waals surface area contributed by atoms with E-state index >= 15 is 0 Å². The number of hydrogen-bond donors (Lipinski definition) is 1. The van der Waals surface area contributed by atoms with Gasteiger partial charge < -0.3 is 14.6 Å². The fourth-order valence-corrected chi connectivity index (χ4v) is 1.71. The number of amides is 1. The highest BCUT2D eigenvalue weighted by atomic mass is 16.6. The number of nitrogens with one attached hydrogen (secondary N) is 1. The third-order valence-electron chi connectivity index (χ3n) is 2.66. The number of rotatable bonds is 4. The van der Waals surface area contributed by atoms with Crippen molar-refractivity contribution in [2.45, 2.75) is 74.0 Å². The third kappa shape index (κ3) is 7.16. The van der Waals surface area contributed by atoms with E-state index < -0.39 is 5.60 Å². The number of carbonyl (C=O) groups is 1. The molecule has 0 aromatic carbocycles. The standard InChI is InChI=1S/C14H25N3O2.C2H6/c1-7-8-17(13(18)19-14(4,5)6)9-12-15-10(2)11(3)16-12;1-2/h7-9H2,1-6H3,(H,15,16);1-2H3. The first-order valence-corrected chi connectivity index (χ1v) is 7.73. The van der Waals surface area contributed by atoms with Crippen molar-refractivity contribution >= 4 is 6.09 Å². The highest BCUT2D eigenvalue weighted by molar-refractivity contribution is 5.68. The first kappa shape index (κ1) is 19.5. The van der Waals surface area contributed by atoms with Crippen LogP contribution in [0.5, 0.6) is 0 Å². The van der Waals surface area contributed by atoms with Gasteiger partial charge in [0.05, 0.1) is 12.2 Å². The monoisotopic (exact) mass is 297 g/mol. The second-order valence-electron chi connectivity index (χ2n) is 5.80. The van der Waals surface area contributed by atoms with Gasteiger partial charge in [0.1, 0.15) is 11.4 Å². The summed E-state index contributed by atoms with van der Waals surface area (Å²) < 4.78 is 5.41. The van der Waals surface area contributed by atoms with Crippen molar-refractivity contribution in [2.24, 2.45) is 0 Å². The van der Waals surface area contributed by atoms with Crippen molar-refractivity contribution in [3.05, 3.63) is 17.2 Å². The molecule has 1 rings (SSSR count). The van der Waals surface area contributed by atoms with Gasteiger partial charge in [-0.2, -0.15) is 0 Å². The van der Waals surface area contributed by atoms with Crippen molar-refractivity contribution in [3.8, 4) is 0 Å². The van der Waals surface area contributed by atoms with Gasteiger partial charge in [0.25, 0.3) is 0 Å². The average Bonchev–Trinajstić information content (AvgIpc) is 2.68. The van der Waals surface area contributed by atoms with Gasteiger partial charge in [0.2, 0.25) is 0 Å². The molecular formula is C16H31N3O2. The number of aromatic nitrogens is 2. The number of aromatic amines is 1. The van der Waals surface area contributed by atoms with Gasteiger partial charge in [-0.25, -0.2) is 9.78 Å². The minimum atomic E-state index is -0.474. The number of nitrogens with zero attached hydrogens (tertiary/aromatic N) is 2. The largest absolute Gasteiger partial charge is 0.444 e. The van der Waals surface area contributed by atoms with Crippen LogP contribution in [0.15, 0.2) is 0 Å². The van der Waals surface area contributed by atoms with Crippen molar-refractivity contribution in [1.82, 2.24) is 14.9 Å². The molecule has 0 fully saturated rings. The highest BCUT2D eigenvalue weighted by Crippen LogP contribution is 2.13. The molecule has 0 spiro atoms. The summed E-state index contributed by atoms with van der Waals surface area (Å²) in [6.45, 7) is 16.7. The van der Waals surface area contributed by atoms with Crippen molar-refractivity contribution in [3.63, 3.8) is 0 Å². The molecular weight excluding hydrogens is 266 g/mol. The summed E-state index contributed by atoms with van der Waals surface area (Å²) in [6.07, 6.45) is 0.596. The van der Waals surface area contributed by atoms with E-state index in [9.17, 15) is 4.79 Å². The molecule has 1 aromatic rings. The lowest BCUT2D eigenvalue weighted by Gasteiger charge is -2.26. The van der Waals surface area contributed by atoms with Gasteiger partial charge >= 0.3 is 6.09 Å². The quantitative estimate of drug-likeness (QED) is 0.906. The summed E-state index contributed by atoms with van der Waals surface area (Å²) in [7, 11) is 0. The average molecular weight is 297 g/mol. The second-order valence-corrected chi connectivity index (χ2v) is 5.80. The van der Waals surface area contributed by atoms with E-state index in [-0.39, 0.29) is 6.09 Å². The Morgan fingerprint density at radius 2 is 1.86 bits per heavy atom. The smallest absolute Gasteiger partial charge is 0.410 e. The molecule has 0 unspecified atom stereocenters. The fraction of sp³-hybridized carbons (Fsp3) is 0.750. The van der Waals surface area contributed by atoms with E-state index in [4.69, 9.17) is 4.74 Å². The number of hydrogen-bond acceptors (Lipinski definition) is 3. The van der Waals surface area contributed by atoms with Crippen LogP contribution in [0.3, 0.4) is 0 Å². The zero-order valence-electron chi connectivity index (χ0n) is 14.8. The Morgan fingerprint density at radius 1 is 1.29 bits per heavy atom. The van der Waals surface area contributed by atoms with Crippen LogP contribution in [0.25, 0.3) is 0 Å². The van der Waals surface area contributed by atoms with Crippen LogP contribution in [-0.2, 0) is 11.3 Å². The van der Waals surface area contributed by atoms with Crippen LogP contribution in [-0.4, -0.2) is 33.1 Å². The molecule has 1 heterocycles. The number of aryl methyl sites for hydroxylation is 2. The van der Waals surface area contributed by atoms with Crippen molar-refractivity contribution in [2.75, 3.05) is 6.54 Å². The molecule has 0 atom stereocenters. The molecule has 0 saturated heterocycles. The van der Waals surface area contributed by atoms with Crippen molar-refractivity contribution in [1.29, 1.82) is 0 Å². The Labute approximate surface area is 129 Å². The van der Waals surface area contributed by atoms with Gasteiger partial charge in [-0.3, -0.25) is 0 Å². The van der Waals surface area contributed by atoms with Crippen LogP contribution in [0, 0.1) is 13.8 Å². The van der Waals surface area contributed by atoms with Gasteiger partial charge in [-0.1, -0.05) is 20.8 Å². The van der Waals surface area contributed by atoms with E-state index in [2.05, 4.69) is 9.97 Å². The van der Waals surface area contributed by atoms with Gasteiger partial charge in [-0.05, 0) is 41.0 Å². The van der Waals surface area contributed by atoms with E-state index in [0.29, 0.717) is 13.1 Å². The number of H-pyrrole nitrogens is 1. The first-order valence-electron chi connectivity index (χ1n) is 7.73. The van der Waals surface area contributed by atoms with Gasteiger partial charge in [-0.15, -0.1) is 0 Å². The van der Waals surface area contributed by atoms with Crippen LogP contribution < -0.4 is 0 Å². The van der Waals surface area contributed by atoms with Crippen molar-refractivity contribution < 1.29 is 9.53 Å². The molecule has 1 amide bonds. The maximum Gasteiger partial charge on any atom is 0.410 e. The summed E-state index contributed by atoms with van der Waals surface area (Å²) in [4.78, 5) is 21.4. The maximum absolute atomic E-state index is 12.1. The predicted molar refractivity (Wildman–Crippen MR) is 86.3 cm³/mol. The van der Waals surface area contributed by atoms with Crippen LogP contribution in [0.4, 0.5) is 4.79 Å². The van der Waals surface area contributed by atoms with Crippen LogP contribution >= 0.6 is 0 Å². The van der Waals surface area contributed by atoms with Crippen LogP contribution in [0.2, 0.25) is 0 Å². The van der Waals surface area contributed by atoms with Gasteiger partial charge in [0, 0.05) is 12.2 Å². The molecule has 0 bridgehead atoms. The van der Waals surface area contributed by atoms with Crippen LogP contribution in [0.1, 0.15) is 65.2 Å². The topological polar surface area (TPSA) is 58.2 Å². The Hall–Kier alpha value is -1.52. The summed E-state index contributed by atoms with van der Waals surface area (Å²) in [5.74, 6) is 0.800. The SMILES string of the molecule is CC.CCCN(Cc1nc(C)c(C)[nH]1)C(=O)OC(C)(C)C. The zero-order valence-corrected chi connectivity index (χ0v) is 14.8. The molecule has 0 saturated carbocycles. The summed E-state index contributed by atoms with van der Waals surface area (Å²) in [5, 5.41) is 0. The number of carbonyl (C=O) groups excluding carboxylic acids is 1. The Balaban J connectivity index is 0.00000191. The number of ether oxygens (including phenoxy) is 1. The molecule has 1 N–H and O–H groups in total. The molecule has 0 aliphatic rings. The molecule has 0 aliphatic heterocycles. The molecule has 5 heteroatoms. The summed E-state index contributed by atoms with van der Waals surface area (Å²) >= 11 is 0. The summed E-state index contributed by atoms with van der Waals surface area (Å²) in [5.41, 5.74) is 1.53. The van der Waals surface area contributed by atoms with E-state index in [0.717, 1.165) is 23.6 Å². The molecule has 5 nitrogen and oxygen atoms in total. The van der Waals surface area contributed by atoms with E-state index in [1.165, 1.54) is 0 Å². The molecule has 0 radical (unpaired) electrons. The van der Waals surface area contributed by atoms with E-state index in [1.807, 2.05) is 55.4 Å².